The second kappa shape index (κ2) is 19.0. The number of unbranched alkanes of at least 4 members (excludes halogenated alkanes) is 3. The van der Waals surface area contributed by atoms with E-state index in [0.717, 1.165) is 61.5 Å². The number of hydrogen-bond donors (Lipinski definition) is 0. The molecule has 0 amide bonds. The number of ether oxygens (including phenoxy) is 5. The number of hydrogen-bond acceptors (Lipinski definition) is 10. The molecule has 4 aromatic carbocycles. The Hall–Kier alpha value is -5.74. The number of carbonyl (C=O) groups is 3. The molecule has 0 fully saturated rings. The Balaban J connectivity index is 1.27. The number of carbonyl (C=O) groups excluding carboxylic acids is 3. The van der Waals surface area contributed by atoms with Crippen molar-refractivity contribution in [1.82, 2.24) is 4.98 Å². The average Bonchev–Trinajstić information content (AvgIpc) is 3.62. The van der Waals surface area contributed by atoms with Gasteiger partial charge in [-0.05, 0) is 110 Å². The summed E-state index contributed by atoms with van der Waals surface area (Å²) in [7, 11) is 1.62. The number of aromatic nitrogens is 1. The highest BCUT2D eigenvalue weighted by atomic mass is 32.1. The molecule has 0 aliphatic carbocycles. The molecule has 0 saturated heterocycles. The van der Waals surface area contributed by atoms with Gasteiger partial charge in [0.05, 0.1) is 31.5 Å². The lowest BCUT2D eigenvalue weighted by Crippen LogP contribution is -2.10. The van der Waals surface area contributed by atoms with Crippen LogP contribution in [0.5, 0.6) is 23.0 Å². The Kier molecular flexibility index (Phi) is 13.7. The molecule has 10 heteroatoms. The summed E-state index contributed by atoms with van der Waals surface area (Å²) in [6.07, 6.45) is 10.4. The van der Waals surface area contributed by atoms with Crippen molar-refractivity contribution in [2.75, 3.05) is 20.3 Å². The molecule has 0 aliphatic rings. The molecular formula is C42H41NO8S. The van der Waals surface area contributed by atoms with Gasteiger partial charge in [-0.1, -0.05) is 50.3 Å². The molecule has 0 aliphatic heterocycles. The van der Waals surface area contributed by atoms with Crippen molar-refractivity contribution in [1.29, 1.82) is 0 Å². The van der Waals surface area contributed by atoms with Crippen LogP contribution in [0.25, 0.3) is 22.4 Å². The summed E-state index contributed by atoms with van der Waals surface area (Å²) >= 11 is 1.32. The first-order chi connectivity index (χ1) is 25.4. The Morgan fingerprint density at radius 3 is 2.00 bits per heavy atom. The maximum Gasteiger partial charge on any atom is 0.343 e. The van der Waals surface area contributed by atoms with E-state index in [4.69, 9.17) is 28.7 Å². The van der Waals surface area contributed by atoms with Crippen molar-refractivity contribution >= 4 is 51.6 Å². The lowest BCUT2D eigenvalue weighted by atomic mass is 10.1. The Morgan fingerprint density at radius 2 is 1.35 bits per heavy atom. The molecule has 5 aromatic rings. The van der Waals surface area contributed by atoms with Crippen molar-refractivity contribution in [3.63, 3.8) is 0 Å². The molecule has 0 atom stereocenters. The van der Waals surface area contributed by atoms with Crippen molar-refractivity contribution in [2.45, 2.75) is 45.4 Å². The van der Waals surface area contributed by atoms with E-state index >= 15 is 0 Å². The zero-order chi connectivity index (χ0) is 36.7. The van der Waals surface area contributed by atoms with Gasteiger partial charge in [0.2, 0.25) is 0 Å². The number of benzene rings is 4. The third-order valence-electron chi connectivity index (χ3n) is 7.96. The highest BCUT2D eigenvalue weighted by Gasteiger charge is 2.20. The molecule has 1 aromatic heterocycles. The van der Waals surface area contributed by atoms with Crippen molar-refractivity contribution in [2.24, 2.45) is 0 Å². The van der Waals surface area contributed by atoms with E-state index in [1.165, 1.54) is 11.3 Å². The van der Waals surface area contributed by atoms with Crippen LogP contribution in [0.4, 0.5) is 0 Å². The predicted octanol–water partition coefficient (Wildman–Crippen LogP) is 9.53. The van der Waals surface area contributed by atoms with Gasteiger partial charge in [0.25, 0.3) is 0 Å². The van der Waals surface area contributed by atoms with Crippen LogP contribution < -0.4 is 18.9 Å². The van der Waals surface area contributed by atoms with Crippen LogP contribution in [0.2, 0.25) is 0 Å². The van der Waals surface area contributed by atoms with Gasteiger partial charge in [0.1, 0.15) is 26.7 Å². The monoisotopic (exact) mass is 719 g/mol. The molecule has 0 spiro atoms. The SMILES string of the molecule is C=CC(=O)OCCCCCCOc1ccc(C(=O)Oc2ccc(OC(=O)c3ccc(CCC)cc3)c3nc(/C=C/c4ccc(OC)cc4)sc23)cc1. The fourth-order valence-electron chi connectivity index (χ4n) is 5.17. The van der Waals surface area contributed by atoms with Gasteiger partial charge in [0, 0.05) is 6.08 Å². The number of thiazole rings is 1. The number of rotatable bonds is 18. The summed E-state index contributed by atoms with van der Waals surface area (Å²) in [6.45, 7) is 6.39. The minimum atomic E-state index is -0.550. The van der Waals surface area contributed by atoms with Crippen molar-refractivity contribution in [3.8, 4) is 23.0 Å². The van der Waals surface area contributed by atoms with E-state index in [-0.39, 0.29) is 5.75 Å². The van der Waals surface area contributed by atoms with Crippen LogP contribution in [-0.2, 0) is 16.0 Å². The largest absolute Gasteiger partial charge is 0.497 e. The van der Waals surface area contributed by atoms with Crippen LogP contribution in [0.1, 0.15) is 75.9 Å². The molecule has 1 heterocycles. The molecule has 268 valence electrons. The number of esters is 3. The summed E-state index contributed by atoms with van der Waals surface area (Å²) in [4.78, 5) is 42.3. The van der Waals surface area contributed by atoms with E-state index in [2.05, 4.69) is 13.5 Å². The number of methoxy groups -OCH3 is 1. The lowest BCUT2D eigenvalue weighted by molar-refractivity contribution is -0.137. The minimum Gasteiger partial charge on any atom is -0.497 e. The molecule has 0 saturated carbocycles. The Bertz CT molecular complexity index is 2000. The highest BCUT2D eigenvalue weighted by Crippen LogP contribution is 2.38. The number of nitrogens with zero attached hydrogens (tertiary/aromatic N) is 1. The van der Waals surface area contributed by atoms with Crippen molar-refractivity contribution in [3.05, 3.63) is 125 Å². The second-order valence-electron chi connectivity index (χ2n) is 11.8. The van der Waals surface area contributed by atoms with Gasteiger partial charge >= 0.3 is 17.9 Å². The lowest BCUT2D eigenvalue weighted by Gasteiger charge is -2.10. The molecule has 52 heavy (non-hydrogen) atoms. The number of fused-ring (bicyclic) bond motifs is 1. The van der Waals surface area contributed by atoms with Crippen LogP contribution in [-0.4, -0.2) is 43.2 Å². The van der Waals surface area contributed by atoms with E-state index in [9.17, 15) is 14.4 Å². The van der Waals surface area contributed by atoms with Gasteiger partial charge in [-0.25, -0.2) is 19.4 Å². The molecular weight excluding hydrogens is 679 g/mol. The zero-order valence-electron chi connectivity index (χ0n) is 29.3. The zero-order valence-corrected chi connectivity index (χ0v) is 30.1. The van der Waals surface area contributed by atoms with Gasteiger partial charge in [0.15, 0.2) is 11.5 Å². The summed E-state index contributed by atoms with van der Waals surface area (Å²) in [5, 5.41) is 0.633. The molecule has 0 unspecified atom stereocenters. The maximum absolute atomic E-state index is 13.3. The quantitative estimate of drug-likeness (QED) is 0.0378. The van der Waals surface area contributed by atoms with Crippen LogP contribution >= 0.6 is 11.3 Å². The Labute approximate surface area is 307 Å². The fourth-order valence-corrected chi connectivity index (χ4v) is 6.11. The van der Waals surface area contributed by atoms with E-state index in [0.29, 0.717) is 51.1 Å². The first-order valence-electron chi connectivity index (χ1n) is 17.2. The summed E-state index contributed by atoms with van der Waals surface area (Å²) < 4.78 is 28.3. The standard InChI is InChI=1S/C42H41NO8S/c1-4-10-29-11-16-31(17-12-29)41(45)50-35-24-25-36(40-39(35)43-37(52-40)26-15-30-13-20-33(47-3)21-14-30)51-42(46)32-18-22-34(23-19-32)48-27-8-6-7-9-28-49-38(44)5-2/h5,11-26H,2,4,6-10,27-28H2,1,3H3/b26-15+. The average molecular weight is 720 g/mol. The first-order valence-corrected chi connectivity index (χ1v) is 18.0. The normalized spacial score (nSPS) is 11.0. The van der Waals surface area contributed by atoms with E-state index < -0.39 is 17.9 Å². The van der Waals surface area contributed by atoms with Gasteiger partial charge < -0.3 is 23.7 Å². The first kappa shape index (κ1) is 37.5. The fraction of sp³-hybridized carbons (Fsp3) is 0.238. The van der Waals surface area contributed by atoms with Crippen LogP contribution in [0.3, 0.4) is 0 Å². The third kappa shape index (κ3) is 10.6. The van der Waals surface area contributed by atoms with E-state index in [1.807, 2.05) is 48.6 Å². The molecule has 0 N–H and O–H groups in total. The van der Waals surface area contributed by atoms with Crippen LogP contribution in [0.15, 0.2) is 97.6 Å². The molecule has 5 rings (SSSR count). The topological polar surface area (TPSA) is 110 Å². The minimum absolute atomic E-state index is 0.260. The smallest absolute Gasteiger partial charge is 0.343 e. The van der Waals surface area contributed by atoms with E-state index in [1.54, 1.807) is 55.6 Å². The van der Waals surface area contributed by atoms with Gasteiger partial charge in [-0.3, -0.25) is 0 Å². The summed E-state index contributed by atoms with van der Waals surface area (Å²) in [5.41, 5.74) is 3.27. The molecule has 0 bridgehead atoms. The van der Waals surface area contributed by atoms with Gasteiger partial charge in [-0.2, -0.15) is 0 Å². The van der Waals surface area contributed by atoms with Crippen molar-refractivity contribution < 1.29 is 38.1 Å². The van der Waals surface area contributed by atoms with Gasteiger partial charge in [-0.15, -0.1) is 11.3 Å². The van der Waals surface area contributed by atoms with Crippen LogP contribution in [0, 0.1) is 0 Å². The number of aryl methyl sites for hydroxylation is 1. The predicted molar refractivity (Wildman–Crippen MR) is 203 cm³/mol. The second-order valence-corrected chi connectivity index (χ2v) is 12.8. The maximum atomic E-state index is 13.3. The highest BCUT2D eigenvalue weighted by molar-refractivity contribution is 7.19. The molecule has 0 radical (unpaired) electrons. The third-order valence-corrected chi connectivity index (χ3v) is 9.00. The molecule has 9 nitrogen and oxygen atoms in total. The Morgan fingerprint density at radius 1 is 0.731 bits per heavy atom. The summed E-state index contributed by atoms with van der Waals surface area (Å²) in [5.74, 6) is 0.486. The summed E-state index contributed by atoms with van der Waals surface area (Å²) in [6, 6.07) is 25.0.